The fourth-order valence-corrected chi connectivity index (χ4v) is 8.39. The van der Waals surface area contributed by atoms with Crippen LogP contribution < -0.4 is 0 Å². The van der Waals surface area contributed by atoms with Gasteiger partial charge in [0.25, 0.3) is 0 Å². The lowest BCUT2D eigenvalue weighted by atomic mass is 10.0. The molecule has 0 fully saturated rings. The molecular formula is C55H106O6. The van der Waals surface area contributed by atoms with Gasteiger partial charge in [0.1, 0.15) is 13.2 Å². The van der Waals surface area contributed by atoms with Crippen molar-refractivity contribution in [2.45, 2.75) is 316 Å². The number of carbonyl (C=O) groups excluding carboxylic acids is 3. The van der Waals surface area contributed by atoms with E-state index in [1.807, 2.05) is 0 Å². The van der Waals surface area contributed by atoms with Crippen molar-refractivity contribution in [3.63, 3.8) is 0 Å². The van der Waals surface area contributed by atoms with Gasteiger partial charge in [0, 0.05) is 19.3 Å². The van der Waals surface area contributed by atoms with Gasteiger partial charge in [-0.1, -0.05) is 272 Å². The van der Waals surface area contributed by atoms with Crippen LogP contribution in [0.2, 0.25) is 0 Å². The molecule has 0 heterocycles. The first-order valence-corrected chi connectivity index (χ1v) is 27.4. The van der Waals surface area contributed by atoms with Gasteiger partial charge < -0.3 is 14.2 Å². The third-order valence-electron chi connectivity index (χ3n) is 12.5. The van der Waals surface area contributed by atoms with E-state index in [2.05, 4.69) is 27.7 Å². The summed E-state index contributed by atoms with van der Waals surface area (Å²) in [5.41, 5.74) is 0. The first-order chi connectivity index (χ1) is 29.9. The fraction of sp³-hybridized carbons (Fsp3) is 0.945. The van der Waals surface area contributed by atoms with Crippen LogP contribution in [0.3, 0.4) is 0 Å². The van der Waals surface area contributed by atoms with Crippen LogP contribution in [0.5, 0.6) is 0 Å². The third-order valence-corrected chi connectivity index (χ3v) is 12.5. The summed E-state index contributed by atoms with van der Waals surface area (Å²) in [6, 6.07) is 0. The minimum Gasteiger partial charge on any atom is -0.462 e. The van der Waals surface area contributed by atoms with Crippen LogP contribution in [-0.4, -0.2) is 37.2 Å². The van der Waals surface area contributed by atoms with Crippen LogP contribution in [0.4, 0.5) is 0 Å². The molecule has 0 spiro atoms. The molecule has 362 valence electrons. The van der Waals surface area contributed by atoms with Crippen LogP contribution in [0.25, 0.3) is 0 Å². The largest absolute Gasteiger partial charge is 0.462 e. The standard InChI is InChI=1S/C55H106O6/c1-5-7-9-11-13-15-17-19-20-21-22-23-24-26-30-34-38-42-46-53(56)59-49-52(61-55(58)48-44-40-36-32-25-18-16-14-12-10-8-6-2)50-60-54(57)47-43-39-35-31-28-27-29-33-37-41-45-51(3)4/h51-52H,5-50H2,1-4H3/t52-/m1/s1. The monoisotopic (exact) mass is 863 g/mol. The molecule has 0 aliphatic carbocycles. The quantitative estimate of drug-likeness (QED) is 0.0344. The lowest BCUT2D eigenvalue weighted by molar-refractivity contribution is -0.167. The molecule has 6 nitrogen and oxygen atoms in total. The molecule has 0 saturated carbocycles. The SMILES string of the molecule is CCCCCCCCCCCCCCCCCCCCC(=O)OC[C@H](COC(=O)CCCCCCCCCCCCC(C)C)OC(=O)CCCCCCCCCCCCCC. The second kappa shape index (κ2) is 49.4. The molecule has 6 heteroatoms. The van der Waals surface area contributed by atoms with Gasteiger partial charge in [0.05, 0.1) is 0 Å². The summed E-state index contributed by atoms with van der Waals surface area (Å²) < 4.78 is 16.8. The third kappa shape index (κ3) is 49.3. The molecule has 0 aromatic rings. The maximum absolute atomic E-state index is 12.8. The van der Waals surface area contributed by atoms with Gasteiger partial charge in [0.15, 0.2) is 6.10 Å². The Balaban J connectivity index is 4.26. The molecule has 0 N–H and O–H groups in total. The normalized spacial score (nSPS) is 12.0. The topological polar surface area (TPSA) is 78.9 Å². The van der Waals surface area contributed by atoms with E-state index in [9.17, 15) is 14.4 Å². The first kappa shape index (κ1) is 59.4. The summed E-state index contributed by atoms with van der Waals surface area (Å²) >= 11 is 0. The minimum absolute atomic E-state index is 0.0624. The van der Waals surface area contributed by atoms with Crippen molar-refractivity contribution >= 4 is 17.9 Å². The van der Waals surface area contributed by atoms with E-state index in [4.69, 9.17) is 14.2 Å². The predicted molar refractivity (Wildman–Crippen MR) is 261 cm³/mol. The van der Waals surface area contributed by atoms with E-state index in [0.29, 0.717) is 19.3 Å². The summed E-state index contributed by atoms with van der Waals surface area (Å²) in [4.78, 5) is 38.0. The Morgan fingerprint density at radius 1 is 0.311 bits per heavy atom. The molecule has 0 aromatic carbocycles. The average Bonchev–Trinajstić information content (AvgIpc) is 3.24. The van der Waals surface area contributed by atoms with Gasteiger partial charge in [-0.25, -0.2) is 0 Å². The molecule has 0 rings (SSSR count). The van der Waals surface area contributed by atoms with Gasteiger partial charge in [-0.3, -0.25) is 14.4 Å². The molecule has 0 unspecified atom stereocenters. The van der Waals surface area contributed by atoms with E-state index < -0.39 is 6.10 Å². The molecule has 61 heavy (non-hydrogen) atoms. The second-order valence-corrected chi connectivity index (χ2v) is 19.3. The van der Waals surface area contributed by atoms with Crippen LogP contribution >= 0.6 is 0 Å². The summed E-state index contributed by atoms with van der Waals surface area (Å²) in [6.45, 7) is 9.03. The highest BCUT2D eigenvalue weighted by molar-refractivity contribution is 5.71. The second-order valence-electron chi connectivity index (χ2n) is 19.3. The number of carbonyl (C=O) groups is 3. The van der Waals surface area contributed by atoms with E-state index in [0.717, 1.165) is 63.7 Å². The van der Waals surface area contributed by atoms with E-state index in [1.54, 1.807) is 0 Å². The molecular weight excluding hydrogens is 757 g/mol. The number of ether oxygens (including phenoxy) is 3. The van der Waals surface area contributed by atoms with E-state index in [-0.39, 0.29) is 31.1 Å². The number of esters is 3. The summed E-state index contributed by atoms with van der Waals surface area (Å²) in [5, 5.41) is 0. The lowest BCUT2D eigenvalue weighted by Crippen LogP contribution is -2.30. The number of hydrogen-bond acceptors (Lipinski definition) is 6. The van der Waals surface area contributed by atoms with E-state index >= 15 is 0 Å². The Morgan fingerprint density at radius 2 is 0.541 bits per heavy atom. The smallest absolute Gasteiger partial charge is 0.306 e. The number of rotatable bonds is 50. The zero-order valence-corrected chi connectivity index (χ0v) is 41.6. The Morgan fingerprint density at radius 3 is 0.803 bits per heavy atom. The van der Waals surface area contributed by atoms with Crippen LogP contribution in [0.1, 0.15) is 310 Å². The molecule has 0 saturated heterocycles. The summed E-state index contributed by atoms with van der Waals surface area (Å²) in [5.74, 6) is -0.0227. The van der Waals surface area contributed by atoms with Crippen molar-refractivity contribution < 1.29 is 28.6 Å². The van der Waals surface area contributed by atoms with Crippen LogP contribution in [0, 0.1) is 5.92 Å². The van der Waals surface area contributed by atoms with Crippen molar-refractivity contribution in [2.24, 2.45) is 5.92 Å². The van der Waals surface area contributed by atoms with Crippen molar-refractivity contribution in [1.82, 2.24) is 0 Å². The Bertz CT molecular complexity index is 918. The Hall–Kier alpha value is -1.59. The molecule has 0 aliphatic heterocycles. The van der Waals surface area contributed by atoms with Crippen LogP contribution in [-0.2, 0) is 28.6 Å². The van der Waals surface area contributed by atoms with Gasteiger partial charge in [-0.05, 0) is 25.2 Å². The van der Waals surface area contributed by atoms with Crippen molar-refractivity contribution in [3.05, 3.63) is 0 Å². The maximum Gasteiger partial charge on any atom is 0.306 e. The molecule has 0 bridgehead atoms. The highest BCUT2D eigenvalue weighted by Crippen LogP contribution is 2.17. The Kier molecular flexibility index (Phi) is 48.1. The number of hydrogen-bond donors (Lipinski definition) is 0. The van der Waals surface area contributed by atoms with Gasteiger partial charge in [0.2, 0.25) is 0 Å². The highest BCUT2D eigenvalue weighted by Gasteiger charge is 2.19. The van der Waals surface area contributed by atoms with Gasteiger partial charge in [-0.15, -0.1) is 0 Å². The highest BCUT2D eigenvalue weighted by atomic mass is 16.6. The van der Waals surface area contributed by atoms with Crippen molar-refractivity contribution in [3.8, 4) is 0 Å². The zero-order chi connectivity index (χ0) is 44.5. The van der Waals surface area contributed by atoms with Crippen molar-refractivity contribution in [1.29, 1.82) is 0 Å². The molecule has 0 radical (unpaired) electrons. The molecule has 0 aliphatic rings. The van der Waals surface area contributed by atoms with Gasteiger partial charge in [-0.2, -0.15) is 0 Å². The summed E-state index contributed by atoms with van der Waals surface area (Å²) in [7, 11) is 0. The first-order valence-electron chi connectivity index (χ1n) is 27.4. The predicted octanol–water partition coefficient (Wildman–Crippen LogP) is 17.8. The van der Waals surface area contributed by atoms with Crippen LogP contribution in [0.15, 0.2) is 0 Å². The zero-order valence-electron chi connectivity index (χ0n) is 41.6. The minimum atomic E-state index is -0.761. The molecule has 1 atom stereocenters. The van der Waals surface area contributed by atoms with E-state index in [1.165, 1.54) is 205 Å². The maximum atomic E-state index is 12.8. The Labute approximate surface area is 380 Å². The molecule has 0 amide bonds. The molecule has 0 aromatic heterocycles. The summed E-state index contributed by atoms with van der Waals surface area (Å²) in [6.07, 6.45) is 52.3. The fourth-order valence-electron chi connectivity index (χ4n) is 8.39. The average molecular weight is 863 g/mol. The van der Waals surface area contributed by atoms with Crippen molar-refractivity contribution in [2.75, 3.05) is 13.2 Å². The number of unbranched alkanes of at least 4 members (excludes halogenated alkanes) is 37. The lowest BCUT2D eigenvalue weighted by Gasteiger charge is -2.18. The van der Waals surface area contributed by atoms with Gasteiger partial charge >= 0.3 is 17.9 Å².